The molecule has 5 nitrogen and oxygen atoms in total. The number of carbonyl (C=O) groups is 2. The quantitative estimate of drug-likeness (QED) is 0.802. The van der Waals surface area contributed by atoms with Crippen molar-refractivity contribution in [3.63, 3.8) is 0 Å². The molecule has 1 N–H and O–H groups in total. The van der Waals surface area contributed by atoms with Gasteiger partial charge in [0.15, 0.2) is 0 Å². The number of rotatable bonds is 3. The lowest BCUT2D eigenvalue weighted by Crippen LogP contribution is -2.50. The molecule has 0 spiro atoms. The SMILES string of the molecule is C=CCOC(=O)N1C[C@H](C(=O)O)C[C@@H](C(F)(F)F)C1. The Kier molecular flexibility index (Phi) is 4.79. The Labute approximate surface area is 107 Å². The van der Waals surface area contributed by atoms with E-state index >= 15 is 0 Å². The second-order valence-corrected chi connectivity index (χ2v) is 4.28. The van der Waals surface area contributed by atoms with Crippen LogP contribution in [0.3, 0.4) is 0 Å². The van der Waals surface area contributed by atoms with Crippen LogP contribution < -0.4 is 0 Å². The standard InChI is InChI=1S/C11H14F3NO4/c1-2-3-19-10(18)15-5-7(9(16)17)4-8(6-15)11(12,13)14/h2,7-8H,1,3-6H2,(H,16,17)/t7-,8-/m1/s1. The van der Waals surface area contributed by atoms with Gasteiger partial charge >= 0.3 is 18.2 Å². The third-order valence-electron chi connectivity index (χ3n) is 2.85. The summed E-state index contributed by atoms with van der Waals surface area (Å²) in [4.78, 5) is 23.1. The first kappa shape index (κ1) is 15.3. The second-order valence-electron chi connectivity index (χ2n) is 4.28. The number of likely N-dealkylation sites (tertiary alicyclic amines) is 1. The topological polar surface area (TPSA) is 66.8 Å². The van der Waals surface area contributed by atoms with Gasteiger partial charge in [-0.05, 0) is 6.42 Å². The highest BCUT2D eigenvalue weighted by molar-refractivity contribution is 5.73. The largest absolute Gasteiger partial charge is 0.481 e. The smallest absolute Gasteiger partial charge is 0.410 e. The number of carboxylic acid groups (broad SMARTS) is 1. The number of hydrogen-bond donors (Lipinski definition) is 1. The van der Waals surface area contributed by atoms with Crippen molar-refractivity contribution in [3.8, 4) is 0 Å². The minimum absolute atomic E-state index is 0.135. The van der Waals surface area contributed by atoms with E-state index in [-0.39, 0.29) is 13.2 Å². The highest BCUT2D eigenvalue weighted by atomic mass is 19.4. The maximum Gasteiger partial charge on any atom is 0.410 e. The Hall–Kier alpha value is -1.73. The molecule has 0 unspecified atom stereocenters. The van der Waals surface area contributed by atoms with E-state index in [2.05, 4.69) is 11.3 Å². The number of nitrogens with zero attached hydrogens (tertiary/aromatic N) is 1. The molecule has 0 aromatic heterocycles. The molecule has 19 heavy (non-hydrogen) atoms. The molecule has 0 bridgehead atoms. The van der Waals surface area contributed by atoms with Gasteiger partial charge in [-0.15, -0.1) is 0 Å². The first-order valence-electron chi connectivity index (χ1n) is 5.57. The molecule has 0 saturated carbocycles. The molecule has 0 aromatic rings. The third kappa shape index (κ3) is 4.15. The van der Waals surface area contributed by atoms with E-state index in [4.69, 9.17) is 5.11 Å². The zero-order chi connectivity index (χ0) is 14.6. The van der Waals surface area contributed by atoms with E-state index in [1.54, 1.807) is 0 Å². The van der Waals surface area contributed by atoms with E-state index in [9.17, 15) is 22.8 Å². The number of aliphatic carboxylic acids is 1. The molecular weight excluding hydrogens is 267 g/mol. The maximum absolute atomic E-state index is 12.7. The van der Waals surface area contributed by atoms with Crippen LogP contribution in [0, 0.1) is 11.8 Å². The number of halogens is 3. The highest BCUT2D eigenvalue weighted by Gasteiger charge is 2.47. The summed E-state index contributed by atoms with van der Waals surface area (Å²) in [6.07, 6.45) is -4.74. The summed E-state index contributed by atoms with van der Waals surface area (Å²) in [5.41, 5.74) is 0. The van der Waals surface area contributed by atoms with Gasteiger partial charge in [-0.3, -0.25) is 4.79 Å². The molecule has 0 aromatic carbocycles. The average Bonchev–Trinajstić information content (AvgIpc) is 2.34. The predicted octanol–water partition coefficient (Wildman–Crippen LogP) is 1.89. The molecule has 1 aliphatic rings. The summed E-state index contributed by atoms with van der Waals surface area (Å²) < 4.78 is 42.7. The number of ether oxygens (including phenoxy) is 1. The molecule has 108 valence electrons. The monoisotopic (exact) mass is 281 g/mol. The third-order valence-corrected chi connectivity index (χ3v) is 2.85. The van der Waals surface area contributed by atoms with Crippen LogP contribution in [0.2, 0.25) is 0 Å². The first-order chi connectivity index (χ1) is 8.75. The van der Waals surface area contributed by atoms with Crippen molar-refractivity contribution in [1.29, 1.82) is 0 Å². The maximum atomic E-state index is 12.7. The number of amides is 1. The van der Waals surface area contributed by atoms with Crippen LogP contribution in [-0.4, -0.2) is 47.9 Å². The molecule has 1 saturated heterocycles. The predicted molar refractivity (Wildman–Crippen MR) is 58.4 cm³/mol. The summed E-state index contributed by atoms with van der Waals surface area (Å²) in [5, 5.41) is 8.84. The summed E-state index contributed by atoms with van der Waals surface area (Å²) in [5.74, 6) is -4.44. The fraction of sp³-hybridized carbons (Fsp3) is 0.636. The number of carbonyl (C=O) groups excluding carboxylic acids is 1. The zero-order valence-electron chi connectivity index (χ0n) is 10.0. The van der Waals surface area contributed by atoms with E-state index < -0.39 is 43.0 Å². The van der Waals surface area contributed by atoms with Crippen LogP contribution in [0.1, 0.15) is 6.42 Å². The Morgan fingerprint density at radius 3 is 2.53 bits per heavy atom. The van der Waals surface area contributed by atoms with Crippen LogP contribution in [0.4, 0.5) is 18.0 Å². The van der Waals surface area contributed by atoms with Gasteiger partial charge in [0.05, 0.1) is 11.8 Å². The van der Waals surface area contributed by atoms with Crippen molar-refractivity contribution in [1.82, 2.24) is 4.90 Å². The van der Waals surface area contributed by atoms with Crippen molar-refractivity contribution in [2.45, 2.75) is 12.6 Å². The van der Waals surface area contributed by atoms with Gasteiger partial charge in [0.25, 0.3) is 0 Å². The van der Waals surface area contributed by atoms with Crippen molar-refractivity contribution >= 4 is 12.1 Å². The second kappa shape index (κ2) is 5.94. The van der Waals surface area contributed by atoms with E-state index in [0.29, 0.717) is 0 Å². The van der Waals surface area contributed by atoms with E-state index in [1.807, 2.05) is 0 Å². The summed E-state index contributed by atoms with van der Waals surface area (Å²) >= 11 is 0. The highest BCUT2D eigenvalue weighted by Crippen LogP contribution is 2.35. The van der Waals surface area contributed by atoms with E-state index in [0.717, 1.165) is 4.90 Å². The number of hydrogen-bond acceptors (Lipinski definition) is 3. The van der Waals surface area contributed by atoms with Crippen molar-refractivity contribution in [3.05, 3.63) is 12.7 Å². The molecule has 1 fully saturated rings. The van der Waals surface area contributed by atoms with Gasteiger partial charge in [-0.25, -0.2) is 4.79 Å². The fourth-order valence-electron chi connectivity index (χ4n) is 1.89. The minimum Gasteiger partial charge on any atom is -0.481 e. The number of alkyl halides is 3. The molecular formula is C11H14F3NO4. The molecule has 1 rings (SSSR count). The molecule has 1 heterocycles. The summed E-state index contributed by atoms with van der Waals surface area (Å²) in [6.45, 7) is 2.31. The Bertz CT molecular complexity index is 369. The molecule has 0 aliphatic carbocycles. The molecule has 0 radical (unpaired) electrons. The van der Waals surface area contributed by atoms with E-state index in [1.165, 1.54) is 6.08 Å². The first-order valence-corrected chi connectivity index (χ1v) is 5.57. The van der Waals surface area contributed by atoms with Crippen LogP contribution in [0.15, 0.2) is 12.7 Å². The van der Waals surface area contributed by atoms with Crippen LogP contribution in [-0.2, 0) is 9.53 Å². The van der Waals surface area contributed by atoms with Gasteiger partial charge in [-0.2, -0.15) is 13.2 Å². The van der Waals surface area contributed by atoms with Gasteiger partial charge in [-0.1, -0.05) is 12.7 Å². The molecule has 2 atom stereocenters. The Morgan fingerprint density at radius 2 is 2.05 bits per heavy atom. The Balaban J connectivity index is 2.78. The molecule has 8 heteroatoms. The molecule has 1 amide bonds. The van der Waals surface area contributed by atoms with Gasteiger partial charge in [0.1, 0.15) is 6.61 Å². The number of carboxylic acids is 1. The lowest BCUT2D eigenvalue weighted by molar-refractivity contribution is -0.191. The fourth-order valence-corrected chi connectivity index (χ4v) is 1.89. The van der Waals surface area contributed by atoms with Crippen molar-refractivity contribution in [2.24, 2.45) is 11.8 Å². The lowest BCUT2D eigenvalue weighted by Gasteiger charge is -2.36. The van der Waals surface area contributed by atoms with Gasteiger partial charge in [0.2, 0.25) is 0 Å². The van der Waals surface area contributed by atoms with Gasteiger partial charge in [0, 0.05) is 13.1 Å². The van der Waals surface area contributed by atoms with Gasteiger partial charge < -0.3 is 14.7 Å². The zero-order valence-corrected chi connectivity index (χ0v) is 10.0. The Morgan fingerprint density at radius 1 is 1.42 bits per heavy atom. The van der Waals surface area contributed by atoms with Crippen LogP contribution >= 0.6 is 0 Å². The molecule has 1 aliphatic heterocycles. The lowest BCUT2D eigenvalue weighted by atomic mass is 9.89. The van der Waals surface area contributed by atoms with Crippen molar-refractivity contribution in [2.75, 3.05) is 19.7 Å². The van der Waals surface area contributed by atoms with Crippen LogP contribution in [0.5, 0.6) is 0 Å². The summed E-state index contributed by atoms with van der Waals surface area (Å²) in [7, 11) is 0. The average molecular weight is 281 g/mol. The van der Waals surface area contributed by atoms with Crippen molar-refractivity contribution < 1.29 is 32.6 Å². The normalized spacial score (nSPS) is 23.8. The number of piperidine rings is 1. The van der Waals surface area contributed by atoms with Crippen LogP contribution in [0.25, 0.3) is 0 Å². The summed E-state index contributed by atoms with van der Waals surface area (Å²) in [6, 6.07) is 0. The minimum atomic E-state index is -4.54.